The Hall–Kier alpha value is -1.72. The smallest absolute Gasteiger partial charge is 0.252 e. The number of aliphatic hydroxyl groups excluding tert-OH is 2. The van der Waals surface area contributed by atoms with E-state index in [4.69, 9.17) is 0 Å². The van der Waals surface area contributed by atoms with Gasteiger partial charge in [0.1, 0.15) is 6.10 Å². The normalized spacial score (nSPS) is 18.7. The van der Waals surface area contributed by atoms with Gasteiger partial charge in [0, 0.05) is 13.0 Å². The summed E-state index contributed by atoms with van der Waals surface area (Å²) in [6, 6.07) is 8.19. The SMILES string of the molecule is CCCCCCNC(=O)C(O)C(O)C(=O)CC1CCc2ccccc2C1. The Balaban J connectivity index is 1.77. The van der Waals surface area contributed by atoms with E-state index >= 15 is 0 Å². The molecule has 2 rings (SSSR count). The zero-order chi connectivity index (χ0) is 18.9. The second-order valence-electron chi connectivity index (χ2n) is 7.29. The lowest BCUT2D eigenvalue weighted by Crippen LogP contribution is -2.46. The summed E-state index contributed by atoms with van der Waals surface area (Å²) >= 11 is 0. The summed E-state index contributed by atoms with van der Waals surface area (Å²) < 4.78 is 0. The van der Waals surface area contributed by atoms with Gasteiger partial charge in [-0.2, -0.15) is 0 Å². The van der Waals surface area contributed by atoms with E-state index in [-0.39, 0.29) is 12.3 Å². The minimum Gasteiger partial charge on any atom is -0.382 e. The molecule has 3 unspecified atom stereocenters. The van der Waals surface area contributed by atoms with Gasteiger partial charge in [-0.05, 0) is 42.7 Å². The first-order chi connectivity index (χ1) is 12.5. The summed E-state index contributed by atoms with van der Waals surface area (Å²) in [4.78, 5) is 24.2. The quantitative estimate of drug-likeness (QED) is 0.558. The summed E-state index contributed by atoms with van der Waals surface area (Å²) in [7, 11) is 0. The molecule has 5 heteroatoms. The van der Waals surface area contributed by atoms with Gasteiger partial charge in [0.2, 0.25) is 0 Å². The van der Waals surface area contributed by atoms with Crippen molar-refractivity contribution in [1.82, 2.24) is 5.32 Å². The monoisotopic (exact) mass is 361 g/mol. The number of nitrogens with one attached hydrogen (secondary N) is 1. The number of fused-ring (bicyclic) bond motifs is 1. The maximum absolute atomic E-state index is 12.3. The van der Waals surface area contributed by atoms with Gasteiger partial charge in [-0.15, -0.1) is 0 Å². The molecule has 1 aliphatic rings. The zero-order valence-electron chi connectivity index (χ0n) is 15.6. The van der Waals surface area contributed by atoms with Crippen LogP contribution in [0.3, 0.4) is 0 Å². The Labute approximate surface area is 155 Å². The van der Waals surface area contributed by atoms with Crippen LogP contribution in [0.2, 0.25) is 0 Å². The molecule has 0 radical (unpaired) electrons. The zero-order valence-corrected chi connectivity index (χ0v) is 15.6. The van der Waals surface area contributed by atoms with E-state index in [1.807, 2.05) is 12.1 Å². The highest BCUT2D eigenvalue weighted by molar-refractivity contribution is 5.91. The van der Waals surface area contributed by atoms with E-state index in [0.717, 1.165) is 44.9 Å². The van der Waals surface area contributed by atoms with E-state index in [1.54, 1.807) is 0 Å². The Kier molecular flexibility index (Phi) is 8.26. The van der Waals surface area contributed by atoms with Crippen molar-refractivity contribution in [2.45, 2.75) is 70.5 Å². The van der Waals surface area contributed by atoms with Crippen molar-refractivity contribution in [2.24, 2.45) is 5.92 Å². The number of Topliss-reactive ketones (excluding diaryl/α,β-unsaturated/α-hetero) is 1. The van der Waals surface area contributed by atoms with Crippen molar-refractivity contribution in [3.8, 4) is 0 Å². The van der Waals surface area contributed by atoms with E-state index < -0.39 is 23.9 Å². The van der Waals surface area contributed by atoms with E-state index in [0.29, 0.717) is 6.54 Å². The van der Waals surface area contributed by atoms with Crippen molar-refractivity contribution in [2.75, 3.05) is 6.54 Å². The van der Waals surface area contributed by atoms with E-state index in [1.165, 1.54) is 11.1 Å². The van der Waals surface area contributed by atoms with Crippen molar-refractivity contribution in [3.63, 3.8) is 0 Å². The van der Waals surface area contributed by atoms with Crippen LogP contribution in [0.15, 0.2) is 24.3 Å². The average molecular weight is 361 g/mol. The van der Waals surface area contributed by atoms with Crippen LogP contribution in [0.1, 0.15) is 56.6 Å². The predicted octanol–water partition coefficient (Wildman–Crippen LogP) is 2.17. The molecule has 0 fully saturated rings. The van der Waals surface area contributed by atoms with Gasteiger partial charge in [0.15, 0.2) is 11.9 Å². The molecule has 1 amide bonds. The third-order valence-corrected chi connectivity index (χ3v) is 5.17. The third kappa shape index (κ3) is 5.92. The number of carbonyl (C=O) groups is 2. The van der Waals surface area contributed by atoms with Crippen LogP contribution in [-0.4, -0.2) is 40.7 Å². The van der Waals surface area contributed by atoms with Crippen LogP contribution in [0, 0.1) is 5.92 Å². The molecule has 1 aromatic carbocycles. The van der Waals surface area contributed by atoms with Crippen LogP contribution in [-0.2, 0) is 22.4 Å². The van der Waals surface area contributed by atoms with Crippen LogP contribution in [0.5, 0.6) is 0 Å². The molecule has 0 spiro atoms. The van der Waals surface area contributed by atoms with Gasteiger partial charge in [-0.3, -0.25) is 9.59 Å². The van der Waals surface area contributed by atoms with Crippen molar-refractivity contribution in [1.29, 1.82) is 0 Å². The number of hydrogen-bond acceptors (Lipinski definition) is 4. The van der Waals surface area contributed by atoms with Gasteiger partial charge in [-0.1, -0.05) is 50.5 Å². The minimum atomic E-state index is -1.69. The van der Waals surface area contributed by atoms with Crippen LogP contribution >= 0.6 is 0 Å². The molecule has 0 saturated heterocycles. The standard InChI is InChI=1S/C21H31NO4/c1-2-3-4-7-12-22-21(26)20(25)19(24)18(23)14-15-10-11-16-8-5-6-9-17(16)13-15/h5-6,8-9,15,19-20,24-25H,2-4,7,10-14H2,1H3,(H,22,26). The van der Waals surface area contributed by atoms with Crippen molar-refractivity contribution < 1.29 is 19.8 Å². The Morgan fingerprint density at radius 3 is 2.58 bits per heavy atom. The number of aliphatic hydroxyl groups is 2. The topological polar surface area (TPSA) is 86.6 Å². The fourth-order valence-corrected chi connectivity index (χ4v) is 3.54. The summed E-state index contributed by atoms with van der Waals surface area (Å²) in [5.41, 5.74) is 2.57. The number of rotatable bonds is 10. The number of ketones is 1. The summed E-state index contributed by atoms with van der Waals surface area (Å²) in [5.74, 6) is -0.976. The summed E-state index contributed by atoms with van der Waals surface area (Å²) in [6.07, 6.45) is 3.51. The lowest BCUT2D eigenvalue weighted by atomic mass is 9.80. The Bertz CT molecular complexity index is 601. The highest BCUT2D eigenvalue weighted by Crippen LogP contribution is 2.28. The molecule has 0 saturated carbocycles. The van der Waals surface area contributed by atoms with Crippen molar-refractivity contribution >= 4 is 11.7 Å². The van der Waals surface area contributed by atoms with Gasteiger partial charge < -0.3 is 15.5 Å². The summed E-state index contributed by atoms with van der Waals surface area (Å²) in [6.45, 7) is 2.56. The highest BCUT2D eigenvalue weighted by Gasteiger charge is 2.32. The highest BCUT2D eigenvalue weighted by atomic mass is 16.3. The Morgan fingerprint density at radius 2 is 1.85 bits per heavy atom. The molecule has 0 heterocycles. The molecule has 1 aromatic rings. The average Bonchev–Trinajstić information content (AvgIpc) is 2.66. The van der Waals surface area contributed by atoms with E-state index in [9.17, 15) is 19.8 Å². The molecule has 3 N–H and O–H groups in total. The number of hydrogen-bond donors (Lipinski definition) is 3. The number of benzene rings is 1. The van der Waals surface area contributed by atoms with Gasteiger partial charge >= 0.3 is 0 Å². The molecule has 26 heavy (non-hydrogen) atoms. The maximum atomic E-state index is 12.3. The van der Waals surface area contributed by atoms with Gasteiger partial charge in [0.25, 0.3) is 5.91 Å². The minimum absolute atomic E-state index is 0.149. The van der Waals surface area contributed by atoms with Crippen LogP contribution in [0.25, 0.3) is 0 Å². The Morgan fingerprint density at radius 1 is 1.12 bits per heavy atom. The molecule has 3 atom stereocenters. The first-order valence-electron chi connectivity index (χ1n) is 9.76. The largest absolute Gasteiger partial charge is 0.382 e. The lowest BCUT2D eigenvalue weighted by molar-refractivity contribution is -0.145. The number of amides is 1. The van der Waals surface area contributed by atoms with Gasteiger partial charge in [-0.25, -0.2) is 0 Å². The number of carbonyl (C=O) groups excluding carboxylic acids is 2. The molecule has 1 aliphatic carbocycles. The van der Waals surface area contributed by atoms with Crippen molar-refractivity contribution in [3.05, 3.63) is 35.4 Å². The van der Waals surface area contributed by atoms with E-state index in [2.05, 4.69) is 24.4 Å². The van der Waals surface area contributed by atoms with Crippen LogP contribution in [0.4, 0.5) is 0 Å². The molecule has 0 aliphatic heterocycles. The van der Waals surface area contributed by atoms with Gasteiger partial charge in [0.05, 0.1) is 0 Å². The molecule has 0 bridgehead atoms. The summed E-state index contributed by atoms with van der Waals surface area (Å²) in [5, 5.41) is 22.6. The molecule has 0 aromatic heterocycles. The predicted molar refractivity (Wildman–Crippen MR) is 101 cm³/mol. The first kappa shape index (κ1) is 20.6. The lowest BCUT2D eigenvalue weighted by Gasteiger charge is -2.25. The first-order valence-corrected chi connectivity index (χ1v) is 9.76. The third-order valence-electron chi connectivity index (χ3n) is 5.17. The van der Waals surface area contributed by atoms with Crippen LogP contribution < -0.4 is 5.32 Å². The molecule has 144 valence electrons. The second-order valence-corrected chi connectivity index (χ2v) is 7.29. The fraction of sp³-hybridized carbons (Fsp3) is 0.619. The molecular weight excluding hydrogens is 330 g/mol. The molecular formula is C21H31NO4. The molecule has 5 nitrogen and oxygen atoms in total. The number of aryl methyl sites for hydroxylation is 1. The maximum Gasteiger partial charge on any atom is 0.252 e. The number of unbranched alkanes of at least 4 members (excludes halogenated alkanes) is 3. The second kappa shape index (κ2) is 10.4. The fourth-order valence-electron chi connectivity index (χ4n) is 3.54.